The monoisotopic (exact) mass is 338 g/mol. The molecule has 0 radical (unpaired) electrons. The number of anilines is 1. The molecule has 130 valence electrons. The molecule has 1 unspecified atom stereocenters. The molecule has 0 bridgehead atoms. The number of amides is 2. The lowest BCUT2D eigenvalue weighted by Gasteiger charge is -2.17. The molecule has 0 aromatic heterocycles. The zero-order valence-corrected chi connectivity index (χ0v) is 14.5. The summed E-state index contributed by atoms with van der Waals surface area (Å²) in [5.74, 6) is 0.138. The maximum atomic E-state index is 12.6. The van der Waals surface area contributed by atoms with E-state index in [4.69, 9.17) is 4.74 Å². The first-order chi connectivity index (χ1) is 12.1. The van der Waals surface area contributed by atoms with Crippen molar-refractivity contribution in [1.82, 2.24) is 4.90 Å². The van der Waals surface area contributed by atoms with Gasteiger partial charge in [0.05, 0.1) is 18.7 Å². The lowest BCUT2D eigenvalue weighted by molar-refractivity contribution is -0.128. The standard InChI is InChI=1S/C20H22N2O3/c1-14-8-9-18(25-2)17(10-14)21-20(24)16-11-19(23)22(13-16)12-15-6-4-3-5-7-15/h3-10,16H,11-13H2,1-2H3,(H,21,24). The van der Waals surface area contributed by atoms with Crippen LogP contribution in [-0.4, -0.2) is 30.4 Å². The molecule has 1 N–H and O–H groups in total. The first-order valence-electron chi connectivity index (χ1n) is 8.34. The zero-order chi connectivity index (χ0) is 17.8. The Morgan fingerprint density at radius 3 is 2.72 bits per heavy atom. The van der Waals surface area contributed by atoms with E-state index in [0.717, 1.165) is 11.1 Å². The SMILES string of the molecule is COc1ccc(C)cc1NC(=O)C1CC(=O)N(Cc2ccccc2)C1. The predicted octanol–water partition coefficient (Wildman–Crippen LogP) is 2.99. The predicted molar refractivity (Wildman–Crippen MR) is 96.3 cm³/mol. The van der Waals surface area contributed by atoms with Gasteiger partial charge in [-0.3, -0.25) is 9.59 Å². The van der Waals surface area contributed by atoms with Gasteiger partial charge in [-0.2, -0.15) is 0 Å². The molecule has 1 aliphatic rings. The quantitative estimate of drug-likeness (QED) is 0.912. The van der Waals surface area contributed by atoms with Crippen LogP contribution in [0.5, 0.6) is 5.75 Å². The smallest absolute Gasteiger partial charge is 0.229 e. The number of likely N-dealkylation sites (tertiary alicyclic amines) is 1. The van der Waals surface area contributed by atoms with Gasteiger partial charge in [0.1, 0.15) is 5.75 Å². The van der Waals surface area contributed by atoms with Gasteiger partial charge >= 0.3 is 0 Å². The maximum Gasteiger partial charge on any atom is 0.229 e. The van der Waals surface area contributed by atoms with Crippen molar-refractivity contribution >= 4 is 17.5 Å². The molecule has 0 saturated carbocycles. The van der Waals surface area contributed by atoms with Gasteiger partial charge in [-0.1, -0.05) is 36.4 Å². The molecule has 2 amide bonds. The van der Waals surface area contributed by atoms with Gasteiger partial charge in [-0.05, 0) is 30.2 Å². The van der Waals surface area contributed by atoms with Crippen LogP contribution in [0.2, 0.25) is 0 Å². The summed E-state index contributed by atoms with van der Waals surface area (Å²) in [6.45, 7) is 2.93. The molecule has 1 fully saturated rings. The first kappa shape index (κ1) is 17.0. The summed E-state index contributed by atoms with van der Waals surface area (Å²) in [6.07, 6.45) is 0.243. The third kappa shape index (κ3) is 3.99. The topological polar surface area (TPSA) is 58.6 Å². The third-order valence-corrected chi connectivity index (χ3v) is 4.41. The Morgan fingerprint density at radius 2 is 2.00 bits per heavy atom. The molecule has 0 spiro atoms. The van der Waals surface area contributed by atoms with Crippen LogP contribution in [0.3, 0.4) is 0 Å². The number of ether oxygens (including phenoxy) is 1. The molecule has 2 aromatic carbocycles. The molecule has 0 aliphatic carbocycles. The molecule has 2 aromatic rings. The van der Waals surface area contributed by atoms with Crippen LogP contribution in [0.15, 0.2) is 48.5 Å². The van der Waals surface area contributed by atoms with Crippen LogP contribution < -0.4 is 10.1 Å². The van der Waals surface area contributed by atoms with E-state index in [1.807, 2.05) is 55.5 Å². The van der Waals surface area contributed by atoms with Gasteiger partial charge in [0, 0.05) is 19.5 Å². The Kier molecular flexibility index (Phi) is 5.03. The molecule has 25 heavy (non-hydrogen) atoms. The normalized spacial score (nSPS) is 16.8. The number of nitrogens with zero attached hydrogens (tertiary/aromatic N) is 1. The Hall–Kier alpha value is -2.82. The van der Waals surface area contributed by atoms with Crippen molar-refractivity contribution in [3.63, 3.8) is 0 Å². The third-order valence-electron chi connectivity index (χ3n) is 4.41. The van der Waals surface area contributed by atoms with Crippen molar-refractivity contribution in [2.45, 2.75) is 19.9 Å². The second-order valence-corrected chi connectivity index (χ2v) is 6.35. The average molecular weight is 338 g/mol. The number of carbonyl (C=O) groups is 2. The number of carbonyl (C=O) groups excluding carboxylic acids is 2. The zero-order valence-electron chi connectivity index (χ0n) is 14.5. The molecule has 1 heterocycles. The van der Waals surface area contributed by atoms with Crippen molar-refractivity contribution < 1.29 is 14.3 Å². The van der Waals surface area contributed by atoms with Gasteiger partial charge < -0.3 is 15.0 Å². The summed E-state index contributed by atoms with van der Waals surface area (Å²) in [7, 11) is 1.57. The minimum Gasteiger partial charge on any atom is -0.495 e. The first-order valence-corrected chi connectivity index (χ1v) is 8.34. The number of hydrogen-bond acceptors (Lipinski definition) is 3. The highest BCUT2D eigenvalue weighted by atomic mass is 16.5. The van der Waals surface area contributed by atoms with Crippen molar-refractivity contribution in [1.29, 1.82) is 0 Å². The van der Waals surface area contributed by atoms with Crippen molar-refractivity contribution in [3.8, 4) is 5.75 Å². The van der Waals surface area contributed by atoms with Crippen LogP contribution in [-0.2, 0) is 16.1 Å². The highest BCUT2D eigenvalue weighted by molar-refractivity contribution is 5.98. The summed E-state index contributed by atoms with van der Waals surface area (Å²) in [5, 5.41) is 2.91. The minimum atomic E-state index is -0.346. The van der Waals surface area contributed by atoms with E-state index >= 15 is 0 Å². The second kappa shape index (κ2) is 7.38. The largest absolute Gasteiger partial charge is 0.495 e. The fourth-order valence-corrected chi connectivity index (χ4v) is 3.06. The lowest BCUT2D eigenvalue weighted by atomic mass is 10.1. The van der Waals surface area contributed by atoms with Gasteiger partial charge in [-0.15, -0.1) is 0 Å². The number of hydrogen-bond donors (Lipinski definition) is 1. The number of methoxy groups -OCH3 is 1. The summed E-state index contributed by atoms with van der Waals surface area (Å²) in [4.78, 5) is 26.6. The van der Waals surface area contributed by atoms with Crippen LogP contribution >= 0.6 is 0 Å². The molecule has 5 nitrogen and oxygen atoms in total. The van der Waals surface area contributed by atoms with Gasteiger partial charge in [-0.25, -0.2) is 0 Å². The van der Waals surface area contributed by atoms with E-state index in [0.29, 0.717) is 24.5 Å². The summed E-state index contributed by atoms with van der Waals surface area (Å²) in [6, 6.07) is 15.4. The minimum absolute atomic E-state index is 0.0141. The van der Waals surface area contributed by atoms with E-state index in [9.17, 15) is 9.59 Å². The second-order valence-electron chi connectivity index (χ2n) is 6.35. The van der Waals surface area contributed by atoms with Gasteiger partial charge in [0.25, 0.3) is 0 Å². The Labute approximate surface area is 147 Å². The number of benzene rings is 2. The van der Waals surface area contributed by atoms with Gasteiger partial charge in [0.2, 0.25) is 11.8 Å². The van der Waals surface area contributed by atoms with E-state index in [1.165, 1.54) is 0 Å². The Bertz CT molecular complexity index is 774. The van der Waals surface area contributed by atoms with Crippen LogP contribution in [0, 0.1) is 12.8 Å². The molecule has 3 rings (SSSR count). The van der Waals surface area contributed by atoms with E-state index in [-0.39, 0.29) is 24.2 Å². The van der Waals surface area contributed by atoms with E-state index < -0.39 is 0 Å². The molecular weight excluding hydrogens is 316 g/mol. The molecule has 1 aliphatic heterocycles. The van der Waals surface area contributed by atoms with Crippen molar-refractivity contribution in [2.75, 3.05) is 19.0 Å². The summed E-state index contributed by atoms with van der Waals surface area (Å²) < 4.78 is 5.29. The lowest BCUT2D eigenvalue weighted by Crippen LogP contribution is -2.28. The number of rotatable bonds is 5. The summed E-state index contributed by atoms with van der Waals surface area (Å²) in [5.41, 5.74) is 2.74. The highest BCUT2D eigenvalue weighted by Gasteiger charge is 2.34. The number of aryl methyl sites for hydroxylation is 1. The molecule has 1 saturated heterocycles. The molecule has 5 heteroatoms. The summed E-state index contributed by atoms with van der Waals surface area (Å²) >= 11 is 0. The van der Waals surface area contributed by atoms with Gasteiger partial charge in [0.15, 0.2) is 0 Å². The Morgan fingerprint density at radius 1 is 1.24 bits per heavy atom. The van der Waals surface area contributed by atoms with Crippen molar-refractivity contribution in [3.05, 3.63) is 59.7 Å². The molecular formula is C20H22N2O3. The fourth-order valence-electron chi connectivity index (χ4n) is 3.06. The maximum absolute atomic E-state index is 12.6. The Balaban J connectivity index is 1.66. The average Bonchev–Trinajstić information content (AvgIpc) is 2.97. The highest BCUT2D eigenvalue weighted by Crippen LogP contribution is 2.27. The number of nitrogens with one attached hydrogen (secondary N) is 1. The van der Waals surface area contributed by atoms with Crippen LogP contribution in [0.25, 0.3) is 0 Å². The van der Waals surface area contributed by atoms with E-state index in [1.54, 1.807) is 12.0 Å². The fraction of sp³-hybridized carbons (Fsp3) is 0.300. The molecule has 1 atom stereocenters. The van der Waals surface area contributed by atoms with Crippen molar-refractivity contribution in [2.24, 2.45) is 5.92 Å². The van der Waals surface area contributed by atoms with E-state index in [2.05, 4.69) is 5.32 Å². The van der Waals surface area contributed by atoms with Crippen LogP contribution in [0.1, 0.15) is 17.5 Å². The van der Waals surface area contributed by atoms with Crippen LogP contribution in [0.4, 0.5) is 5.69 Å².